The number of ketones is 2. The summed E-state index contributed by atoms with van der Waals surface area (Å²) in [6, 6.07) is 12.7. The van der Waals surface area contributed by atoms with E-state index in [1.165, 1.54) is 27.7 Å². The monoisotopic (exact) mass is 397 g/mol. The first-order chi connectivity index (χ1) is 13.7. The molecule has 0 saturated carbocycles. The number of carbonyl (C=O) groups is 4. The first-order valence-corrected chi connectivity index (χ1v) is 9.07. The van der Waals surface area contributed by atoms with Crippen LogP contribution in [0.15, 0.2) is 48.5 Å². The number of ether oxygens (including phenoxy) is 2. The molecule has 0 saturated heterocycles. The molecule has 7 nitrogen and oxygen atoms in total. The highest BCUT2D eigenvalue weighted by atomic mass is 16.6. The molecule has 2 rings (SSSR count). The number of benzene rings is 2. The molecule has 0 spiro atoms. The van der Waals surface area contributed by atoms with Gasteiger partial charge in [-0.25, -0.2) is 4.79 Å². The lowest BCUT2D eigenvalue weighted by Crippen LogP contribution is -2.32. The van der Waals surface area contributed by atoms with Crippen LogP contribution in [0.5, 0.6) is 5.75 Å². The third-order valence-corrected chi connectivity index (χ3v) is 4.06. The second-order valence-corrected chi connectivity index (χ2v) is 6.54. The van der Waals surface area contributed by atoms with Gasteiger partial charge in [0.2, 0.25) is 11.7 Å². The van der Waals surface area contributed by atoms with Crippen molar-refractivity contribution in [3.8, 4) is 5.75 Å². The van der Waals surface area contributed by atoms with E-state index < -0.39 is 18.2 Å². The summed E-state index contributed by atoms with van der Waals surface area (Å²) in [5.74, 6) is -0.924. The normalized spacial score (nSPS) is 12.4. The summed E-state index contributed by atoms with van der Waals surface area (Å²) < 4.78 is 10.7. The van der Waals surface area contributed by atoms with Crippen LogP contribution >= 0.6 is 0 Å². The smallest absolute Gasteiger partial charge is 0.347 e. The molecule has 2 atom stereocenters. The number of hydrogen-bond acceptors (Lipinski definition) is 6. The quantitative estimate of drug-likeness (QED) is 0.541. The average Bonchev–Trinajstić information content (AvgIpc) is 2.67. The van der Waals surface area contributed by atoms with Gasteiger partial charge in [-0.05, 0) is 69.3 Å². The van der Waals surface area contributed by atoms with E-state index in [1.54, 1.807) is 48.5 Å². The Morgan fingerprint density at radius 1 is 0.793 bits per heavy atom. The van der Waals surface area contributed by atoms with Crippen molar-refractivity contribution in [2.24, 2.45) is 0 Å². The second kappa shape index (κ2) is 9.64. The zero-order valence-electron chi connectivity index (χ0n) is 16.7. The molecule has 1 amide bonds. The highest BCUT2D eigenvalue weighted by Gasteiger charge is 2.24. The van der Waals surface area contributed by atoms with Gasteiger partial charge in [-0.2, -0.15) is 0 Å². The fourth-order valence-corrected chi connectivity index (χ4v) is 2.50. The third kappa shape index (κ3) is 6.27. The number of carbonyl (C=O) groups excluding carboxylic acids is 4. The summed E-state index contributed by atoms with van der Waals surface area (Å²) in [6.07, 6.45) is -1.93. The molecular formula is C22H23NO6. The highest BCUT2D eigenvalue weighted by Crippen LogP contribution is 2.16. The Morgan fingerprint density at radius 2 is 1.34 bits per heavy atom. The Hall–Kier alpha value is -3.48. The zero-order valence-corrected chi connectivity index (χ0v) is 16.7. The van der Waals surface area contributed by atoms with Crippen molar-refractivity contribution in [1.29, 1.82) is 0 Å². The van der Waals surface area contributed by atoms with Gasteiger partial charge < -0.3 is 14.8 Å². The van der Waals surface area contributed by atoms with E-state index in [0.717, 1.165) is 0 Å². The Balaban J connectivity index is 1.93. The molecule has 152 valence electrons. The van der Waals surface area contributed by atoms with Gasteiger partial charge >= 0.3 is 5.97 Å². The summed E-state index contributed by atoms with van der Waals surface area (Å²) in [4.78, 5) is 47.0. The molecule has 0 radical (unpaired) electrons. The van der Waals surface area contributed by atoms with E-state index in [-0.39, 0.29) is 17.5 Å². The second-order valence-electron chi connectivity index (χ2n) is 6.54. The lowest BCUT2D eigenvalue weighted by Gasteiger charge is -2.17. The summed E-state index contributed by atoms with van der Waals surface area (Å²) in [5.41, 5.74) is 1.46. The molecule has 0 bridgehead atoms. The number of nitrogens with one attached hydrogen (secondary N) is 1. The molecule has 1 N–H and O–H groups in total. The number of rotatable bonds is 8. The van der Waals surface area contributed by atoms with Gasteiger partial charge in [0.15, 0.2) is 18.0 Å². The van der Waals surface area contributed by atoms with Crippen LogP contribution in [0.4, 0.5) is 5.69 Å². The lowest BCUT2D eigenvalue weighted by molar-refractivity contribution is -0.153. The molecule has 0 heterocycles. The van der Waals surface area contributed by atoms with Gasteiger partial charge in [0, 0.05) is 23.7 Å². The number of hydrogen-bond donors (Lipinski definition) is 1. The average molecular weight is 397 g/mol. The maximum atomic E-state index is 12.5. The van der Waals surface area contributed by atoms with E-state index >= 15 is 0 Å². The molecule has 2 aromatic rings. The number of esters is 1. The van der Waals surface area contributed by atoms with Crippen LogP contribution in [0.2, 0.25) is 0 Å². The van der Waals surface area contributed by atoms with E-state index in [9.17, 15) is 19.2 Å². The van der Waals surface area contributed by atoms with Crippen LogP contribution in [0, 0.1) is 0 Å². The molecule has 0 aromatic heterocycles. The van der Waals surface area contributed by atoms with Crippen molar-refractivity contribution < 1.29 is 28.7 Å². The molecular weight excluding hydrogens is 374 g/mol. The summed E-state index contributed by atoms with van der Waals surface area (Å²) in [5, 5.41) is 2.61. The molecule has 0 aliphatic heterocycles. The molecule has 29 heavy (non-hydrogen) atoms. The van der Waals surface area contributed by atoms with Gasteiger partial charge in [0.25, 0.3) is 0 Å². The Kier molecular flexibility index (Phi) is 7.25. The fraction of sp³-hybridized carbons (Fsp3) is 0.273. The van der Waals surface area contributed by atoms with Gasteiger partial charge in [-0.3, -0.25) is 14.4 Å². The van der Waals surface area contributed by atoms with Crippen molar-refractivity contribution >= 4 is 29.1 Å². The summed E-state index contributed by atoms with van der Waals surface area (Å²) in [7, 11) is 0. The predicted octanol–water partition coefficient (Wildman–Crippen LogP) is 3.43. The first kappa shape index (κ1) is 21.8. The zero-order chi connectivity index (χ0) is 21.6. The Labute approximate surface area is 169 Å². The van der Waals surface area contributed by atoms with Crippen molar-refractivity contribution in [2.45, 2.75) is 39.9 Å². The molecule has 0 aliphatic carbocycles. The van der Waals surface area contributed by atoms with Gasteiger partial charge in [0.1, 0.15) is 5.75 Å². The standard InChI is InChI=1S/C22H23NO6/c1-13(24)17-7-11-20(12-8-17)28-15(3)22(27)29-14(2)21(26)18-5-9-19(10-6-18)23-16(4)25/h5-12,14-15H,1-4H3,(H,23,25). The van der Waals surface area contributed by atoms with Gasteiger partial charge in [-0.1, -0.05) is 0 Å². The van der Waals surface area contributed by atoms with E-state index in [1.807, 2.05) is 0 Å². The fourth-order valence-electron chi connectivity index (χ4n) is 2.50. The summed E-state index contributed by atoms with van der Waals surface area (Å²) >= 11 is 0. The van der Waals surface area contributed by atoms with Crippen LogP contribution in [0.1, 0.15) is 48.4 Å². The maximum absolute atomic E-state index is 12.5. The van der Waals surface area contributed by atoms with Crippen LogP contribution in [0.3, 0.4) is 0 Å². The minimum Gasteiger partial charge on any atom is -0.479 e. The van der Waals surface area contributed by atoms with Gasteiger partial charge in [-0.15, -0.1) is 0 Å². The lowest BCUT2D eigenvalue weighted by atomic mass is 10.1. The van der Waals surface area contributed by atoms with Crippen LogP contribution < -0.4 is 10.1 Å². The number of amides is 1. The van der Waals surface area contributed by atoms with Crippen LogP contribution in [-0.2, 0) is 14.3 Å². The van der Waals surface area contributed by atoms with Crippen molar-refractivity contribution in [3.05, 3.63) is 59.7 Å². The van der Waals surface area contributed by atoms with E-state index in [0.29, 0.717) is 22.6 Å². The van der Waals surface area contributed by atoms with Crippen LogP contribution in [0.25, 0.3) is 0 Å². The minimum atomic E-state index is -1.000. The largest absolute Gasteiger partial charge is 0.479 e. The molecule has 0 fully saturated rings. The number of anilines is 1. The molecule has 2 aromatic carbocycles. The van der Waals surface area contributed by atoms with E-state index in [2.05, 4.69) is 5.32 Å². The Bertz CT molecular complexity index is 902. The maximum Gasteiger partial charge on any atom is 0.347 e. The van der Waals surface area contributed by atoms with Crippen molar-refractivity contribution in [2.75, 3.05) is 5.32 Å². The van der Waals surface area contributed by atoms with Crippen molar-refractivity contribution in [3.63, 3.8) is 0 Å². The predicted molar refractivity (Wildman–Crippen MR) is 107 cm³/mol. The first-order valence-electron chi connectivity index (χ1n) is 9.07. The Morgan fingerprint density at radius 3 is 1.86 bits per heavy atom. The topological polar surface area (TPSA) is 98.8 Å². The molecule has 0 aliphatic rings. The SMILES string of the molecule is CC(=O)Nc1ccc(C(=O)C(C)OC(=O)C(C)Oc2ccc(C(C)=O)cc2)cc1. The van der Waals surface area contributed by atoms with E-state index in [4.69, 9.17) is 9.47 Å². The minimum absolute atomic E-state index is 0.0681. The highest BCUT2D eigenvalue weighted by molar-refractivity contribution is 6.01. The molecule has 7 heteroatoms. The number of Topliss-reactive ketones (excluding diaryl/α,β-unsaturated/α-hetero) is 2. The third-order valence-electron chi connectivity index (χ3n) is 4.06. The van der Waals surface area contributed by atoms with Crippen molar-refractivity contribution in [1.82, 2.24) is 0 Å². The summed E-state index contributed by atoms with van der Waals surface area (Å²) in [6.45, 7) is 5.85. The van der Waals surface area contributed by atoms with Gasteiger partial charge in [0.05, 0.1) is 0 Å². The molecule has 2 unspecified atom stereocenters. The van der Waals surface area contributed by atoms with Crippen LogP contribution in [-0.4, -0.2) is 35.7 Å².